The summed E-state index contributed by atoms with van der Waals surface area (Å²) in [4.78, 5) is 15.0. The maximum Gasteiger partial charge on any atom is 0.315 e. The zero-order valence-corrected chi connectivity index (χ0v) is 33.4. The van der Waals surface area contributed by atoms with Crippen molar-refractivity contribution < 1.29 is 69.7 Å². The predicted octanol–water partition coefficient (Wildman–Crippen LogP) is 0.897. The van der Waals surface area contributed by atoms with Crippen molar-refractivity contribution in [3.05, 3.63) is 11.6 Å². The molecule has 6 fully saturated rings. The number of fused-ring (bicyclic) bond motifs is 7. The Balaban J connectivity index is 1.23. The van der Waals surface area contributed by atoms with Gasteiger partial charge in [-0.3, -0.25) is 4.79 Å². The highest BCUT2D eigenvalue weighted by Gasteiger charge is 2.71. The van der Waals surface area contributed by atoms with Crippen molar-refractivity contribution in [3.8, 4) is 0 Å². The first-order chi connectivity index (χ1) is 25.5. The first-order valence-corrected chi connectivity index (χ1v) is 20.4. The molecule has 7 aliphatic rings. The van der Waals surface area contributed by atoms with Gasteiger partial charge < -0.3 is 64.9 Å². The van der Waals surface area contributed by atoms with Gasteiger partial charge in [0, 0.05) is 5.92 Å². The number of carbonyl (C=O) groups is 1. The van der Waals surface area contributed by atoms with Crippen LogP contribution in [0.4, 0.5) is 0 Å². The molecule has 2 aliphatic heterocycles. The van der Waals surface area contributed by atoms with E-state index in [1.165, 1.54) is 0 Å². The van der Waals surface area contributed by atoms with Crippen molar-refractivity contribution in [3.63, 3.8) is 0 Å². The third kappa shape index (κ3) is 5.97. The molecule has 0 spiro atoms. The van der Waals surface area contributed by atoms with Gasteiger partial charge in [0.05, 0.1) is 36.9 Å². The van der Waals surface area contributed by atoms with Gasteiger partial charge in [0.1, 0.15) is 36.6 Å². The van der Waals surface area contributed by atoms with E-state index in [2.05, 4.69) is 40.7 Å². The van der Waals surface area contributed by atoms with Crippen LogP contribution in [0.3, 0.4) is 0 Å². The lowest BCUT2D eigenvalue weighted by Crippen LogP contribution is -2.68. The Bertz CT molecular complexity index is 1500. The summed E-state index contributed by atoms with van der Waals surface area (Å²) in [7, 11) is 0. The molecular weight excluding hydrogens is 716 g/mol. The minimum absolute atomic E-state index is 0.177. The first kappa shape index (κ1) is 41.9. The van der Waals surface area contributed by atoms with E-state index in [-0.39, 0.29) is 22.7 Å². The molecule has 314 valence electrons. The maximum atomic E-state index is 15.0. The highest BCUT2D eigenvalue weighted by Crippen LogP contribution is 2.76. The Labute approximate surface area is 323 Å². The van der Waals surface area contributed by atoms with E-state index in [0.29, 0.717) is 38.5 Å². The molecule has 14 heteroatoms. The number of ether oxygens (including phenoxy) is 4. The molecule has 4 saturated carbocycles. The summed E-state index contributed by atoms with van der Waals surface area (Å²) in [5.74, 6) is -0.935. The molecule has 2 saturated heterocycles. The Hall–Kier alpha value is -1.27. The van der Waals surface area contributed by atoms with Gasteiger partial charge in [0.15, 0.2) is 12.4 Å². The average Bonchev–Trinajstić information content (AvgIpc) is 3.12. The largest absolute Gasteiger partial charge is 0.432 e. The SMILES string of the molecule is CC1(C)CC[C@]2(C(=O)O[C@@H]3O[C@H](CO)[C@@H](O)[C@H](O)[C@H]3O[C@@H]3OC[C@@H](O)[C@H](O)[C@H]3O)CC[C@]3(C)C(=CCC4[C@@]5(C)C[C@@H](O)[C@@H](O)C(C)(C)C5CC[C@]43C)C2[C@@H]1O. The standard InChI is InChI=1S/C41H66O14/c1-36(2)12-14-41(35(51)55-34-30(28(47)27(46)22(17-42)53-34)54-33-29(48)26(45)21(44)18-52-33)15-13-39(6)19(25(41)32(36)50)8-9-24-38(5)16-20(43)31(49)37(3,4)23(38)10-11-40(24,39)7/h8,20-34,42-50H,9-18H2,1-7H3/t20-,21-,22-,23?,24?,25?,26+,27-,28+,29-,30-,31-,32+,33+,34+,38+,39-,40-,41+/m1/s1. The average molecular weight is 783 g/mol. The summed E-state index contributed by atoms with van der Waals surface area (Å²) in [6, 6.07) is 0. The van der Waals surface area contributed by atoms with E-state index in [9.17, 15) is 50.8 Å². The smallest absolute Gasteiger partial charge is 0.315 e. The number of esters is 1. The fourth-order valence-corrected chi connectivity index (χ4v) is 13.3. The lowest BCUT2D eigenvalue weighted by atomic mass is 9.33. The number of aliphatic hydroxyl groups is 9. The van der Waals surface area contributed by atoms with Gasteiger partial charge >= 0.3 is 5.97 Å². The summed E-state index contributed by atoms with van der Waals surface area (Å²) >= 11 is 0. The molecule has 0 bridgehead atoms. The van der Waals surface area contributed by atoms with Crippen LogP contribution in [0, 0.1) is 50.2 Å². The molecule has 0 aromatic carbocycles. The maximum absolute atomic E-state index is 15.0. The van der Waals surface area contributed by atoms with Gasteiger partial charge in [0.25, 0.3) is 0 Å². The second-order valence-electron chi connectivity index (χ2n) is 20.4. The highest BCUT2D eigenvalue weighted by atomic mass is 16.8. The molecule has 0 radical (unpaired) electrons. The van der Waals surface area contributed by atoms with Crippen molar-refractivity contribution in [1.29, 1.82) is 0 Å². The van der Waals surface area contributed by atoms with E-state index in [0.717, 1.165) is 18.4 Å². The van der Waals surface area contributed by atoms with Crippen LogP contribution in [0.1, 0.15) is 99.8 Å². The Morgan fingerprint density at radius 2 is 1.45 bits per heavy atom. The molecule has 14 nitrogen and oxygen atoms in total. The second kappa shape index (κ2) is 13.9. The van der Waals surface area contributed by atoms with Crippen LogP contribution >= 0.6 is 0 Å². The molecular formula is C41H66O14. The number of carbonyl (C=O) groups excluding carboxylic acids is 1. The van der Waals surface area contributed by atoms with Crippen LogP contribution in [0.2, 0.25) is 0 Å². The molecule has 7 rings (SSSR count). The summed E-state index contributed by atoms with van der Waals surface area (Å²) in [6.07, 6.45) is -9.93. The number of rotatable bonds is 5. The van der Waals surface area contributed by atoms with E-state index in [1.54, 1.807) is 0 Å². The van der Waals surface area contributed by atoms with E-state index in [4.69, 9.17) is 18.9 Å². The Morgan fingerprint density at radius 1 is 0.782 bits per heavy atom. The van der Waals surface area contributed by atoms with Gasteiger partial charge in [-0.1, -0.05) is 60.1 Å². The quantitative estimate of drug-likeness (QED) is 0.139. The highest BCUT2D eigenvalue weighted by molar-refractivity contribution is 5.79. The molecule has 2 heterocycles. The lowest BCUT2D eigenvalue weighted by Gasteiger charge is -2.71. The summed E-state index contributed by atoms with van der Waals surface area (Å²) < 4.78 is 23.3. The summed E-state index contributed by atoms with van der Waals surface area (Å²) in [5.41, 5.74) is -2.13. The minimum atomic E-state index is -1.78. The normalized spacial score (nSPS) is 54.5. The third-order valence-electron chi connectivity index (χ3n) is 17.0. The molecule has 19 atom stereocenters. The van der Waals surface area contributed by atoms with Crippen LogP contribution in [-0.2, 0) is 23.7 Å². The van der Waals surface area contributed by atoms with Crippen molar-refractivity contribution >= 4 is 5.97 Å². The van der Waals surface area contributed by atoms with E-state index < -0.39 is 120 Å². The van der Waals surface area contributed by atoms with Crippen LogP contribution in [0.25, 0.3) is 0 Å². The zero-order chi connectivity index (χ0) is 40.4. The van der Waals surface area contributed by atoms with Crippen molar-refractivity contribution in [2.75, 3.05) is 13.2 Å². The van der Waals surface area contributed by atoms with Gasteiger partial charge in [-0.15, -0.1) is 0 Å². The van der Waals surface area contributed by atoms with Crippen molar-refractivity contribution in [1.82, 2.24) is 0 Å². The third-order valence-corrected chi connectivity index (χ3v) is 17.0. The monoisotopic (exact) mass is 782 g/mol. The van der Waals surface area contributed by atoms with Crippen LogP contribution in [0.5, 0.6) is 0 Å². The second-order valence-corrected chi connectivity index (χ2v) is 20.4. The van der Waals surface area contributed by atoms with Crippen LogP contribution < -0.4 is 0 Å². The van der Waals surface area contributed by atoms with Gasteiger partial charge in [-0.2, -0.15) is 0 Å². The lowest BCUT2D eigenvalue weighted by molar-refractivity contribution is -0.352. The Morgan fingerprint density at radius 3 is 2.13 bits per heavy atom. The fourth-order valence-electron chi connectivity index (χ4n) is 13.3. The number of hydrogen-bond donors (Lipinski definition) is 9. The van der Waals surface area contributed by atoms with E-state index in [1.807, 2.05) is 13.8 Å². The molecule has 0 amide bonds. The van der Waals surface area contributed by atoms with Gasteiger partial charge in [-0.25, -0.2) is 0 Å². The molecule has 5 aliphatic carbocycles. The van der Waals surface area contributed by atoms with Crippen molar-refractivity contribution in [2.45, 2.75) is 173 Å². The van der Waals surface area contributed by atoms with E-state index >= 15 is 0 Å². The predicted molar refractivity (Wildman–Crippen MR) is 194 cm³/mol. The number of allylic oxidation sites excluding steroid dienone is 1. The fraction of sp³-hybridized carbons (Fsp3) is 0.927. The topological polar surface area (TPSA) is 236 Å². The molecule has 55 heavy (non-hydrogen) atoms. The summed E-state index contributed by atoms with van der Waals surface area (Å²) in [6.45, 7) is 14.0. The Kier molecular flexibility index (Phi) is 10.6. The van der Waals surface area contributed by atoms with Crippen LogP contribution in [0.15, 0.2) is 11.6 Å². The summed E-state index contributed by atoms with van der Waals surface area (Å²) in [5, 5.41) is 97.6. The van der Waals surface area contributed by atoms with Gasteiger partial charge in [-0.05, 0) is 90.3 Å². The number of aliphatic hydroxyl groups excluding tert-OH is 9. The van der Waals surface area contributed by atoms with Crippen molar-refractivity contribution in [2.24, 2.45) is 50.2 Å². The molecule has 0 aromatic rings. The van der Waals surface area contributed by atoms with Gasteiger partial charge in [0.2, 0.25) is 6.29 Å². The molecule has 9 N–H and O–H groups in total. The molecule has 3 unspecified atom stereocenters. The molecule has 0 aromatic heterocycles. The minimum Gasteiger partial charge on any atom is -0.432 e. The first-order valence-electron chi connectivity index (χ1n) is 20.4. The zero-order valence-electron chi connectivity index (χ0n) is 33.4. The number of hydrogen-bond acceptors (Lipinski definition) is 14. The van der Waals surface area contributed by atoms with Crippen LogP contribution in [-0.4, -0.2) is 139 Å².